The van der Waals surface area contributed by atoms with Gasteiger partial charge in [0.15, 0.2) is 0 Å². The molecule has 0 bridgehead atoms. The van der Waals surface area contributed by atoms with E-state index in [0.29, 0.717) is 17.8 Å². The third-order valence-electron chi connectivity index (χ3n) is 4.13. The van der Waals surface area contributed by atoms with E-state index >= 15 is 0 Å². The molecule has 0 aliphatic carbocycles. The highest BCUT2D eigenvalue weighted by Crippen LogP contribution is 2.17. The highest BCUT2D eigenvalue weighted by molar-refractivity contribution is 7.85. The molecule has 0 fully saturated rings. The molecule has 1 heterocycles. The maximum absolute atomic E-state index is 11.0. The SMILES string of the molecule is CN(C)c1ccc(C=NN=c2sc3ccccc3n2CCCS(=O)(=O)O)cc1. The first-order chi connectivity index (χ1) is 13.3. The van der Waals surface area contributed by atoms with Crippen LogP contribution < -0.4 is 9.70 Å². The van der Waals surface area contributed by atoms with E-state index in [1.807, 2.05) is 72.1 Å². The van der Waals surface area contributed by atoms with Gasteiger partial charge in [-0.2, -0.15) is 13.5 Å². The van der Waals surface area contributed by atoms with Crippen LogP contribution in [0.15, 0.2) is 58.7 Å². The Hall–Kier alpha value is -2.49. The molecule has 0 radical (unpaired) electrons. The molecule has 1 N–H and O–H groups in total. The van der Waals surface area contributed by atoms with E-state index in [9.17, 15) is 8.42 Å². The number of hydrogen-bond acceptors (Lipinski definition) is 6. The van der Waals surface area contributed by atoms with Crippen molar-refractivity contribution in [3.05, 3.63) is 58.9 Å². The van der Waals surface area contributed by atoms with Crippen molar-refractivity contribution >= 4 is 43.6 Å². The molecule has 0 spiro atoms. The van der Waals surface area contributed by atoms with Crippen LogP contribution in [0.5, 0.6) is 0 Å². The van der Waals surface area contributed by atoms with Gasteiger partial charge in [-0.05, 0) is 36.2 Å². The first-order valence-corrected chi connectivity index (χ1v) is 11.1. The van der Waals surface area contributed by atoms with E-state index in [1.165, 1.54) is 11.3 Å². The van der Waals surface area contributed by atoms with Gasteiger partial charge in [0, 0.05) is 26.3 Å². The summed E-state index contributed by atoms with van der Waals surface area (Å²) in [6.07, 6.45) is 1.98. The molecule has 3 rings (SSSR count). The molecule has 0 aliphatic rings. The second-order valence-electron chi connectivity index (χ2n) is 6.47. The van der Waals surface area contributed by atoms with Crippen molar-refractivity contribution < 1.29 is 13.0 Å². The average Bonchev–Trinajstić information content (AvgIpc) is 2.99. The first kappa shape index (κ1) is 20.2. The molecule has 148 valence electrons. The summed E-state index contributed by atoms with van der Waals surface area (Å²) in [6.45, 7) is 0.426. The number of para-hydroxylation sites is 1. The Morgan fingerprint density at radius 2 is 1.86 bits per heavy atom. The quantitative estimate of drug-likeness (QED) is 0.363. The van der Waals surface area contributed by atoms with Gasteiger partial charge in [0.1, 0.15) is 0 Å². The molecule has 2 aromatic carbocycles. The van der Waals surface area contributed by atoms with Crippen LogP contribution >= 0.6 is 11.3 Å². The van der Waals surface area contributed by atoms with Crippen molar-refractivity contribution in [1.29, 1.82) is 0 Å². The van der Waals surface area contributed by atoms with Gasteiger partial charge in [0.25, 0.3) is 10.1 Å². The number of rotatable bonds is 7. The Balaban J connectivity index is 1.87. The van der Waals surface area contributed by atoms with Gasteiger partial charge in [0.05, 0.1) is 22.2 Å². The van der Waals surface area contributed by atoms with Gasteiger partial charge in [0.2, 0.25) is 4.80 Å². The summed E-state index contributed by atoms with van der Waals surface area (Å²) < 4.78 is 33.9. The van der Waals surface area contributed by atoms with E-state index in [4.69, 9.17) is 4.55 Å². The molecule has 3 aromatic rings. The number of aryl methyl sites for hydroxylation is 1. The van der Waals surface area contributed by atoms with Gasteiger partial charge >= 0.3 is 0 Å². The maximum atomic E-state index is 11.0. The van der Waals surface area contributed by atoms with Gasteiger partial charge in [-0.3, -0.25) is 4.55 Å². The Morgan fingerprint density at radius 1 is 1.14 bits per heavy atom. The van der Waals surface area contributed by atoms with Crippen LogP contribution in [0.4, 0.5) is 5.69 Å². The van der Waals surface area contributed by atoms with Gasteiger partial charge < -0.3 is 9.47 Å². The molecular weight excluding hydrogens is 396 g/mol. The maximum Gasteiger partial charge on any atom is 0.264 e. The summed E-state index contributed by atoms with van der Waals surface area (Å²) in [7, 11) is -0.00623. The van der Waals surface area contributed by atoms with Crippen LogP contribution in [-0.4, -0.2) is 43.6 Å². The zero-order valence-corrected chi connectivity index (χ0v) is 17.3. The van der Waals surface area contributed by atoms with Crippen molar-refractivity contribution in [2.24, 2.45) is 10.2 Å². The molecule has 0 amide bonds. The molecule has 0 unspecified atom stereocenters. The highest BCUT2D eigenvalue weighted by Gasteiger charge is 2.08. The molecule has 9 heteroatoms. The first-order valence-electron chi connectivity index (χ1n) is 8.71. The minimum atomic E-state index is -3.98. The summed E-state index contributed by atoms with van der Waals surface area (Å²) >= 11 is 1.49. The summed E-state index contributed by atoms with van der Waals surface area (Å²) in [5.74, 6) is -0.287. The summed E-state index contributed by atoms with van der Waals surface area (Å²) in [6, 6.07) is 15.8. The second-order valence-corrected chi connectivity index (χ2v) is 9.06. The monoisotopic (exact) mass is 418 g/mol. The number of thiazole rings is 1. The number of nitrogens with zero attached hydrogens (tertiary/aromatic N) is 4. The van der Waals surface area contributed by atoms with Crippen molar-refractivity contribution in [2.75, 3.05) is 24.7 Å². The van der Waals surface area contributed by atoms with Crippen LogP contribution in [0, 0.1) is 0 Å². The topological polar surface area (TPSA) is 87.3 Å². The van der Waals surface area contributed by atoms with Crippen LogP contribution in [0.25, 0.3) is 10.2 Å². The Labute approximate surface area is 168 Å². The summed E-state index contributed by atoms with van der Waals surface area (Å²) in [5.41, 5.74) is 3.01. The molecule has 0 aliphatic heterocycles. The fraction of sp³-hybridized carbons (Fsp3) is 0.263. The predicted octanol–water partition coefficient (Wildman–Crippen LogP) is 2.98. The molecule has 0 saturated carbocycles. The number of aromatic nitrogens is 1. The lowest BCUT2D eigenvalue weighted by molar-refractivity contribution is 0.478. The minimum Gasteiger partial charge on any atom is -0.378 e. The highest BCUT2D eigenvalue weighted by atomic mass is 32.2. The fourth-order valence-corrected chi connectivity index (χ4v) is 4.23. The molecular formula is C19H22N4O3S2. The number of benzene rings is 2. The van der Waals surface area contributed by atoms with E-state index in [1.54, 1.807) is 6.21 Å². The minimum absolute atomic E-state index is 0.287. The summed E-state index contributed by atoms with van der Waals surface area (Å²) in [4.78, 5) is 2.70. The van der Waals surface area contributed by atoms with Gasteiger partial charge in [-0.25, -0.2) is 0 Å². The summed E-state index contributed by atoms with van der Waals surface area (Å²) in [5, 5.41) is 8.55. The van der Waals surface area contributed by atoms with Crippen molar-refractivity contribution in [1.82, 2.24) is 4.57 Å². The molecule has 28 heavy (non-hydrogen) atoms. The van der Waals surface area contributed by atoms with Crippen LogP contribution in [0.1, 0.15) is 12.0 Å². The molecule has 0 atom stereocenters. The Morgan fingerprint density at radius 3 is 2.54 bits per heavy atom. The number of anilines is 1. The van der Waals surface area contributed by atoms with Gasteiger partial charge in [-0.15, -0.1) is 5.10 Å². The van der Waals surface area contributed by atoms with Crippen LogP contribution in [0.2, 0.25) is 0 Å². The van der Waals surface area contributed by atoms with Crippen LogP contribution in [0.3, 0.4) is 0 Å². The van der Waals surface area contributed by atoms with E-state index in [2.05, 4.69) is 10.2 Å². The fourth-order valence-electron chi connectivity index (χ4n) is 2.72. The third-order valence-corrected chi connectivity index (χ3v) is 5.99. The standard InChI is InChI=1S/C19H22N4O3S2/c1-22(2)16-10-8-15(9-11-16)14-20-21-19-23(12-5-13-28(24,25)26)17-6-3-4-7-18(17)27-19/h3-4,6-11,14H,5,12-13H2,1-2H3,(H,24,25,26). The lowest BCUT2D eigenvalue weighted by Crippen LogP contribution is -2.17. The van der Waals surface area contributed by atoms with Crippen LogP contribution in [-0.2, 0) is 16.7 Å². The number of fused-ring (bicyclic) bond motifs is 1. The largest absolute Gasteiger partial charge is 0.378 e. The lowest BCUT2D eigenvalue weighted by Gasteiger charge is -2.11. The normalized spacial score (nSPS) is 12.9. The smallest absolute Gasteiger partial charge is 0.264 e. The Kier molecular flexibility index (Phi) is 6.28. The van der Waals surface area contributed by atoms with E-state index in [-0.39, 0.29) is 5.75 Å². The van der Waals surface area contributed by atoms with Gasteiger partial charge in [-0.1, -0.05) is 35.6 Å². The third kappa shape index (κ3) is 5.28. The zero-order chi connectivity index (χ0) is 20.1. The number of hydrogen-bond donors (Lipinski definition) is 1. The Bertz CT molecular complexity index is 1140. The zero-order valence-electron chi connectivity index (χ0n) is 15.7. The molecule has 0 saturated heterocycles. The molecule has 1 aromatic heterocycles. The second kappa shape index (κ2) is 8.68. The van der Waals surface area contributed by atoms with Crippen molar-refractivity contribution in [3.8, 4) is 0 Å². The lowest BCUT2D eigenvalue weighted by atomic mass is 10.2. The average molecular weight is 419 g/mol. The predicted molar refractivity (Wildman–Crippen MR) is 115 cm³/mol. The van der Waals surface area contributed by atoms with Crippen molar-refractivity contribution in [2.45, 2.75) is 13.0 Å². The van der Waals surface area contributed by atoms with E-state index in [0.717, 1.165) is 21.5 Å². The van der Waals surface area contributed by atoms with Crippen molar-refractivity contribution in [3.63, 3.8) is 0 Å². The van der Waals surface area contributed by atoms with E-state index < -0.39 is 10.1 Å². The molecule has 7 nitrogen and oxygen atoms in total.